The fraction of sp³-hybridized carbons (Fsp3) is 0.800. The maximum atomic E-state index is 11.8. The van der Waals surface area contributed by atoms with Crippen LogP contribution >= 0.6 is 11.8 Å². The number of urea groups is 1. The molecule has 17 heavy (non-hydrogen) atoms. The van der Waals surface area contributed by atoms with Crippen LogP contribution in [0.5, 0.6) is 0 Å². The van der Waals surface area contributed by atoms with E-state index in [1.807, 2.05) is 18.7 Å². The first-order valence-electron chi connectivity index (χ1n) is 5.44. The number of aliphatic carboxylic acids is 1. The molecule has 1 saturated heterocycles. The summed E-state index contributed by atoms with van der Waals surface area (Å²) in [6, 6.07) is -0.0410. The van der Waals surface area contributed by atoms with Crippen LogP contribution in [0.3, 0.4) is 0 Å². The molecule has 1 aliphatic heterocycles. The van der Waals surface area contributed by atoms with Gasteiger partial charge in [-0.15, -0.1) is 0 Å². The largest absolute Gasteiger partial charge is 0.479 e. The summed E-state index contributed by atoms with van der Waals surface area (Å²) in [6.07, 6.45) is -0.992. The Hall–Kier alpha value is -0.950. The van der Waals surface area contributed by atoms with Crippen LogP contribution in [0, 0.1) is 0 Å². The number of carboxylic acid groups (broad SMARTS) is 1. The van der Waals surface area contributed by atoms with Crippen molar-refractivity contribution in [1.29, 1.82) is 0 Å². The third-order valence-electron chi connectivity index (χ3n) is 2.63. The topological polar surface area (TPSA) is 78.9 Å². The number of carbonyl (C=O) groups excluding carboxylic acids is 1. The Morgan fingerprint density at radius 2 is 2.35 bits per heavy atom. The van der Waals surface area contributed by atoms with Crippen molar-refractivity contribution in [2.45, 2.75) is 19.1 Å². The molecule has 1 rings (SSSR count). The second-order valence-electron chi connectivity index (χ2n) is 3.87. The summed E-state index contributed by atoms with van der Waals surface area (Å²) in [5.74, 6) is 0.764. The summed E-state index contributed by atoms with van der Waals surface area (Å²) in [7, 11) is 1.31. The first-order valence-corrected chi connectivity index (χ1v) is 6.59. The van der Waals surface area contributed by atoms with E-state index in [2.05, 4.69) is 5.32 Å². The van der Waals surface area contributed by atoms with E-state index < -0.39 is 12.1 Å². The number of nitrogens with zero attached hydrogens (tertiary/aromatic N) is 1. The van der Waals surface area contributed by atoms with Crippen molar-refractivity contribution < 1.29 is 19.4 Å². The number of nitrogens with one attached hydrogen (secondary N) is 1. The SMILES string of the molecule is COC(CNC(=O)N1CCSCC1C)C(=O)O. The molecule has 0 aromatic carbocycles. The number of thioether (sulfide) groups is 1. The Labute approximate surface area is 105 Å². The molecule has 98 valence electrons. The van der Waals surface area contributed by atoms with Gasteiger partial charge in [0.05, 0.1) is 6.54 Å². The lowest BCUT2D eigenvalue weighted by atomic mass is 10.3. The molecule has 0 aliphatic carbocycles. The first kappa shape index (κ1) is 14.1. The minimum absolute atomic E-state index is 0.0129. The fourth-order valence-electron chi connectivity index (χ4n) is 1.58. The molecular weight excluding hydrogens is 244 g/mol. The third-order valence-corrected chi connectivity index (χ3v) is 3.82. The summed E-state index contributed by atoms with van der Waals surface area (Å²) in [6.45, 7) is 2.67. The fourth-order valence-corrected chi connectivity index (χ4v) is 2.60. The molecule has 0 saturated carbocycles. The van der Waals surface area contributed by atoms with Gasteiger partial charge in [0.2, 0.25) is 0 Å². The quantitative estimate of drug-likeness (QED) is 0.758. The molecule has 2 unspecified atom stereocenters. The Bertz CT molecular complexity index is 287. The number of ether oxygens (including phenoxy) is 1. The van der Waals surface area contributed by atoms with E-state index >= 15 is 0 Å². The second-order valence-corrected chi connectivity index (χ2v) is 5.02. The summed E-state index contributed by atoms with van der Waals surface area (Å²) >= 11 is 1.82. The van der Waals surface area contributed by atoms with E-state index in [-0.39, 0.29) is 18.6 Å². The smallest absolute Gasteiger partial charge is 0.334 e. The van der Waals surface area contributed by atoms with Crippen molar-refractivity contribution in [3.63, 3.8) is 0 Å². The number of carbonyl (C=O) groups is 2. The average Bonchev–Trinajstić information content (AvgIpc) is 2.29. The van der Waals surface area contributed by atoms with E-state index in [1.165, 1.54) is 7.11 Å². The normalized spacial score (nSPS) is 22.0. The molecule has 0 aromatic rings. The predicted octanol–water partition coefficient (Wildman–Crippen LogP) is 0.233. The number of amides is 2. The van der Waals surface area contributed by atoms with Gasteiger partial charge in [-0.3, -0.25) is 0 Å². The minimum atomic E-state index is -1.07. The molecule has 7 heteroatoms. The molecule has 1 fully saturated rings. The van der Waals surface area contributed by atoms with E-state index in [4.69, 9.17) is 9.84 Å². The van der Waals surface area contributed by atoms with Gasteiger partial charge in [-0.05, 0) is 6.92 Å². The molecule has 0 radical (unpaired) electrons. The second kappa shape index (κ2) is 6.70. The molecule has 1 heterocycles. The Kier molecular flexibility index (Phi) is 5.57. The van der Waals surface area contributed by atoms with Gasteiger partial charge in [0.25, 0.3) is 0 Å². The van der Waals surface area contributed by atoms with E-state index in [0.29, 0.717) is 6.54 Å². The highest BCUT2D eigenvalue weighted by atomic mass is 32.2. The number of carboxylic acids is 1. The minimum Gasteiger partial charge on any atom is -0.479 e. The molecule has 0 spiro atoms. The zero-order chi connectivity index (χ0) is 12.8. The number of hydrogen-bond acceptors (Lipinski definition) is 4. The van der Waals surface area contributed by atoms with Gasteiger partial charge in [0, 0.05) is 31.2 Å². The lowest BCUT2D eigenvalue weighted by molar-refractivity contribution is -0.148. The van der Waals surface area contributed by atoms with Crippen LogP contribution < -0.4 is 5.32 Å². The van der Waals surface area contributed by atoms with Crippen LogP contribution in [0.25, 0.3) is 0 Å². The lowest BCUT2D eigenvalue weighted by Gasteiger charge is -2.33. The maximum Gasteiger partial charge on any atom is 0.334 e. The highest BCUT2D eigenvalue weighted by Gasteiger charge is 2.25. The van der Waals surface area contributed by atoms with E-state index in [0.717, 1.165) is 11.5 Å². The molecule has 2 N–H and O–H groups in total. The van der Waals surface area contributed by atoms with Crippen molar-refractivity contribution in [3.05, 3.63) is 0 Å². The molecule has 2 amide bonds. The van der Waals surface area contributed by atoms with E-state index in [1.54, 1.807) is 4.90 Å². The highest BCUT2D eigenvalue weighted by molar-refractivity contribution is 7.99. The standard InChI is InChI=1S/C10H18N2O4S/c1-7-6-17-4-3-12(7)10(15)11-5-8(16-2)9(13)14/h7-8H,3-6H2,1-2H3,(H,11,15)(H,13,14). The van der Waals surface area contributed by atoms with Gasteiger partial charge >= 0.3 is 12.0 Å². The third kappa shape index (κ3) is 4.08. The number of methoxy groups -OCH3 is 1. The van der Waals surface area contributed by atoms with Crippen LogP contribution in [0.15, 0.2) is 0 Å². The van der Waals surface area contributed by atoms with Crippen LogP contribution in [-0.2, 0) is 9.53 Å². The summed E-state index contributed by atoms with van der Waals surface area (Å²) < 4.78 is 4.74. The van der Waals surface area contributed by atoms with Gasteiger partial charge < -0.3 is 20.1 Å². The van der Waals surface area contributed by atoms with Gasteiger partial charge in [0.15, 0.2) is 6.10 Å². The van der Waals surface area contributed by atoms with Crippen LogP contribution in [0.2, 0.25) is 0 Å². The van der Waals surface area contributed by atoms with Gasteiger partial charge in [-0.2, -0.15) is 11.8 Å². The maximum absolute atomic E-state index is 11.8. The number of hydrogen-bond donors (Lipinski definition) is 2. The van der Waals surface area contributed by atoms with E-state index in [9.17, 15) is 9.59 Å². The summed E-state index contributed by atoms with van der Waals surface area (Å²) in [5.41, 5.74) is 0. The predicted molar refractivity (Wildman–Crippen MR) is 65.3 cm³/mol. The molecule has 0 bridgehead atoms. The Morgan fingerprint density at radius 1 is 1.65 bits per heavy atom. The van der Waals surface area contributed by atoms with Crippen molar-refractivity contribution >= 4 is 23.8 Å². The Morgan fingerprint density at radius 3 is 2.88 bits per heavy atom. The zero-order valence-corrected chi connectivity index (χ0v) is 10.8. The zero-order valence-electron chi connectivity index (χ0n) is 10.0. The van der Waals surface area contributed by atoms with Crippen LogP contribution in [0.1, 0.15) is 6.92 Å². The van der Waals surface area contributed by atoms with Crippen molar-refractivity contribution in [1.82, 2.24) is 10.2 Å². The van der Waals surface area contributed by atoms with Crippen molar-refractivity contribution in [2.75, 3.05) is 31.7 Å². The van der Waals surface area contributed by atoms with Gasteiger partial charge in [-0.1, -0.05) is 0 Å². The van der Waals surface area contributed by atoms with Gasteiger partial charge in [0.1, 0.15) is 0 Å². The van der Waals surface area contributed by atoms with Gasteiger partial charge in [-0.25, -0.2) is 9.59 Å². The molecule has 0 aromatic heterocycles. The highest BCUT2D eigenvalue weighted by Crippen LogP contribution is 2.15. The molecule has 1 aliphatic rings. The summed E-state index contributed by atoms with van der Waals surface area (Å²) in [4.78, 5) is 24.2. The molecular formula is C10H18N2O4S. The number of rotatable bonds is 4. The lowest BCUT2D eigenvalue weighted by Crippen LogP contribution is -2.51. The first-order chi connectivity index (χ1) is 8.06. The summed E-state index contributed by atoms with van der Waals surface area (Å²) in [5, 5.41) is 11.3. The van der Waals surface area contributed by atoms with Crippen LogP contribution in [0.4, 0.5) is 4.79 Å². The van der Waals surface area contributed by atoms with Crippen LogP contribution in [-0.4, -0.2) is 65.9 Å². The monoisotopic (exact) mass is 262 g/mol. The Balaban J connectivity index is 2.40. The average molecular weight is 262 g/mol. The van der Waals surface area contributed by atoms with Crippen molar-refractivity contribution in [2.24, 2.45) is 0 Å². The molecule has 6 nitrogen and oxygen atoms in total. The molecule has 2 atom stereocenters. The van der Waals surface area contributed by atoms with Crippen molar-refractivity contribution in [3.8, 4) is 0 Å².